The molecule has 0 aromatic heterocycles. The minimum absolute atomic E-state index is 0.0732. The van der Waals surface area contributed by atoms with Gasteiger partial charge in [0.15, 0.2) is 8.32 Å². The Hall–Kier alpha value is -0.123. The van der Waals surface area contributed by atoms with Gasteiger partial charge in [0.1, 0.15) is 0 Å². The van der Waals surface area contributed by atoms with Crippen LogP contribution in [-0.4, -0.2) is 25.6 Å². The SMILES string of the molecule is CC(C)(C)[Si](C)(C)O[C@@H]1C=CC[C@@H]1O. The molecule has 1 N–H and O–H groups in total. The van der Waals surface area contributed by atoms with E-state index in [2.05, 4.69) is 33.9 Å². The summed E-state index contributed by atoms with van der Waals surface area (Å²) in [7, 11) is -1.72. The molecule has 0 fully saturated rings. The molecule has 0 heterocycles. The van der Waals surface area contributed by atoms with Gasteiger partial charge >= 0.3 is 0 Å². The van der Waals surface area contributed by atoms with E-state index in [4.69, 9.17) is 4.43 Å². The molecular formula is C11H22O2Si. The topological polar surface area (TPSA) is 29.5 Å². The van der Waals surface area contributed by atoms with Crippen molar-refractivity contribution in [2.24, 2.45) is 0 Å². The Morgan fingerprint density at radius 3 is 2.29 bits per heavy atom. The first kappa shape index (κ1) is 11.9. The molecule has 0 saturated carbocycles. The maximum atomic E-state index is 9.65. The molecule has 0 bridgehead atoms. The smallest absolute Gasteiger partial charge is 0.193 e. The van der Waals surface area contributed by atoms with Crippen LogP contribution in [0.2, 0.25) is 18.1 Å². The number of hydrogen-bond donors (Lipinski definition) is 1. The molecule has 0 aromatic rings. The molecule has 1 aliphatic rings. The Balaban J connectivity index is 2.63. The van der Waals surface area contributed by atoms with E-state index in [1.165, 1.54) is 0 Å². The number of aliphatic hydroxyl groups is 1. The molecule has 0 aromatic carbocycles. The maximum Gasteiger partial charge on any atom is 0.193 e. The fourth-order valence-electron chi connectivity index (χ4n) is 1.25. The molecule has 0 radical (unpaired) electrons. The van der Waals surface area contributed by atoms with Crippen LogP contribution >= 0.6 is 0 Å². The summed E-state index contributed by atoms with van der Waals surface area (Å²) >= 11 is 0. The summed E-state index contributed by atoms with van der Waals surface area (Å²) in [6, 6.07) is 0. The van der Waals surface area contributed by atoms with Gasteiger partial charge in [-0.05, 0) is 24.6 Å². The van der Waals surface area contributed by atoms with E-state index in [0.717, 1.165) is 6.42 Å². The van der Waals surface area contributed by atoms with Gasteiger partial charge in [0.2, 0.25) is 0 Å². The molecule has 0 unspecified atom stereocenters. The summed E-state index contributed by atoms with van der Waals surface area (Å²) in [5.74, 6) is 0. The first-order valence-corrected chi connectivity index (χ1v) is 8.17. The first-order valence-electron chi connectivity index (χ1n) is 5.26. The van der Waals surface area contributed by atoms with Gasteiger partial charge in [-0.3, -0.25) is 0 Å². The standard InChI is InChI=1S/C11H22O2Si/c1-11(2,3)14(4,5)13-10-8-6-7-9(10)12/h6,8-10,12H,7H2,1-5H3/t9-,10+/m0/s1. The lowest BCUT2D eigenvalue weighted by molar-refractivity contribution is 0.0676. The summed E-state index contributed by atoms with van der Waals surface area (Å²) < 4.78 is 6.08. The third kappa shape index (κ3) is 2.46. The molecule has 0 spiro atoms. The van der Waals surface area contributed by atoms with Gasteiger partial charge in [0, 0.05) is 0 Å². The van der Waals surface area contributed by atoms with Crippen molar-refractivity contribution in [2.45, 2.75) is 57.5 Å². The van der Waals surface area contributed by atoms with Crippen LogP contribution < -0.4 is 0 Å². The first-order chi connectivity index (χ1) is 6.24. The highest BCUT2D eigenvalue weighted by Crippen LogP contribution is 2.38. The van der Waals surface area contributed by atoms with Gasteiger partial charge in [0.05, 0.1) is 12.2 Å². The minimum Gasteiger partial charge on any atom is -0.408 e. The lowest BCUT2D eigenvalue weighted by atomic mass is 10.2. The molecule has 2 atom stereocenters. The maximum absolute atomic E-state index is 9.65. The van der Waals surface area contributed by atoms with Gasteiger partial charge in [0.25, 0.3) is 0 Å². The van der Waals surface area contributed by atoms with Gasteiger partial charge < -0.3 is 9.53 Å². The molecule has 3 heteroatoms. The predicted molar refractivity (Wildman–Crippen MR) is 61.8 cm³/mol. The zero-order valence-electron chi connectivity index (χ0n) is 9.87. The van der Waals surface area contributed by atoms with E-state index < -0.39 is 8.32 Å². The summed E-state index contributed by atoms with van der Waals surface area (Å²) in [5, 5.41) is 9.86. The average molecular weight is 214 g/mol. The van der Waals surface area contributed by atoms with Gasteiger partial charge in [-0.25, -0.2) is 0 Å². The quantitative estimate of drug-likeness (QED) is 0.566. The lowest BCUT2D eigenvalue weighted by Gasteiger charge is -2.38. The third-order valence-electron chi connectivity index (χ3n) is 3.32. The number of rotatable bonds is 2. The molecule has 82 valence electrons. The van der Waals surface area contributed by atoms with Crippen LogP contribution in [0, 0.1) is 0 Å². The molecule has 14 heavy (non-hydrogen) atoms. The van der Waals surface area contributed by atoms with Crippen molar-refractivity contribution in [2.75, 3.05) is 0 Å². The van der Waals surface area contributed by atoms with E-state index in [1.807, 2.05) is 12.2 Å². The van der Waals surface area contributed by atoms with Gasteiger partial charge in [-0.1, -0.05) is 32.9 Å². The van der Waals surface area contributed by atoms with Crippen molar-refractivity contribution in [1.82, 2.24) is 0 Å². The van der Waals surface area contributed by atoms with Crippen LogP contribution in [0.25, 0.3) is 0 Å². The Kier molecular flexibility index (Phi) is 3.24. The van der Waals surface area contributed by atoms with Crippen LogP contribution in [0.3, 0.4) is 0 Å². The largest absolute Gasteiger partial charge is 0.408 e. The van der Waals surface area contributed by atoms with E-state index in [0.29, 0.717) is 0 Å². The Morgan fingerprint density at radius 2 is 1.93 bits per heavy atom. The normalized spacial score (nSPS) is 28.4. The van der Waals surface area contributed by atoms with Crippen LogP contribution in [0.5, 0.6) is 0 Å². The Bertz CT molecular complexity index is 228. The number of hydrogen-bond acceptors (Lipinski definition) is 2. The summed E-state index contributed by atoms with van der Waals surface area (Å²) in [5.41, 5.74) is 0. The highest BCUT2D eigenvalue weighted by molar-refractivity contribution is 6.74. The Labute approximate surface area is 88.1 Å². The average Bonchev–Trinajstić information content (AvgIpc) is 2.33. The van der Waals surface area contributed by atoms with Crippen LogP contribution in [0.4, 0.5) is 0 Å². The van der Waals surface area contributed by atoms with Gasteiger partial charge in [-0.2, -0.15) is 0 Å². The zero-order chi connectivity index (χ0) is 11.0. The highest BCUT2D eigenvalue weighted by Gasteiger charge is 2.40. The molecular weight excluding hydrogens is 192 g/mol. The van der Waals surface area contributed by atoms with Crippen LogP contribution in [-0.2, 0) is 4.43 Å². The fraction of sp³-hybridized carbons (Fsp3) is 0.818. The van der Waals surface area contributed by atoms with Crippen molar-refractivity contribution >= 4 is 8.32 Å². The van der Waals surface area contributed by atoms with Crippen molar-refractivity contribution in [3.8, 4) is 0 Å². The molecule has 1 rings (SSSR count). The Morgan fingerprint density at radius 1 is 1.36 bits per heavy atom. The van der Waals surface area contributed by atoms with E-state index >= 15 is 0 Å². The second-order valence-corrected chi connectivity index (χ2v) is 10.3. The predicted octanol–water partition coefficient (Wildman–Crippen LogP) is 2.70. The second-order valence-electron chi connectivity index (χ2n) is 5.57. The second kappa shape index (κ2) is 3.80. The van der Waals surface area contributed by atoms with E-state index in [1.54, 1.807) is 0 Å². The molecule has 0 aliphatic heterocycles. The minimum atomic E-state index is -1.72. The fourth-order valence-corrected chi connectivity index (χ4v) is 2.52. The van der Waals surface area contributed by atoms with E-state index in [-0.39, 0.29) is 17.2 Å². The van der Waals surface area contributed by atoms with E-state index in [9.17, 15) is 5.11 Å². The van der Waals surface area contributed by atoms with Crippen LogP contribution in [0.15, 0.2) is 12.2 Å². The monoisotopic (exact) mass is 214 g/mol. The van der Waals surface area contributed by atoms with Crippen LogP contribution in [0.1, 0.15) is 27.2 Å². The molecule has 0 amide bonds. The number of aliphatic hydroxyl groups excluding tert-OH is 1. The van der Waals surface area contributed by atoms with Crippen molar-refractivity contribution in [1.29, 1.82) is 0 Å². The summed E-state index contributed by atoms with van der Waals surface area (Å²) in [4.78, 5) is 0. The third-order valence-corrected chi connectivity index (χ3v) is 7.79. The van der Waals surface area contributed by atoms with Crippen molar-refractivity contribution < 1.29 is 9.53 Å². The molecule has 0 saturated heterocycles. The zero-order valence-corrected chi connectivity index (χ0v) is 10.9. The highest BCUT2D eigenvalue weighted by atomic mass is 28.4. The van der Waals surface area contributed by atoms with Crippen molar-refractivity contribution in [3.05, 3.63) is 12.2 Å². The lowest BCUT2D eigenvalue weighted by Crippen LogP contribution is -2.45. The summed E-state index contributed by atoms with van der Waals surface area (Å²) in [6.07, 6.45) is 4.33. The molecule has 1 aliphatic carbocycles. The summed E-state index contributed by atoms with van der Waals surface area (Å²) in [6.45, 7) is 11.1. The molecule has 2 nitrogen and oxygen atoms in total. The van der Waals surface area contributed by atoms with Gasteiger partial charge in [-0.15, -0.1) is 0 Å². The van der Waals surface area contributed by atoms with Crippen molar-refractivity contribution in [3.63, 3.8) is 0 Å².